The lowest BCUT2D eigenvalue weighted by molar-refractivity contribution is 0.0685. The van der Waals surface area contributed by atoms with Crippen LogP contribution < -0.4 is 10.6 Å². The van der Waals surface area contributed by atoms with Gasteiger partial charge in [0.2, 0.25) is 0 Å². The van der Waals surface area contributed by atoms with Crippen molar-refractivity contribution >= 4 is 11.5 Å². The highest BCUT2D eigenvalue weighted by molar-refractivity contribution is 5.47. The zero-order chi connectivity index (χ0) is 11.4. The fraction of sp³-hybridized carbons (Fsp3) is 0.583. The molecule has 4 nitrogen and oxygen atoms in total. The van der Waals surface area contributed by atoms with E-state index in [0.29, 0.717) is 5.82 Å². The lowest BCUT2D eigenvalue weighted by atomic mass is 10.00. The summed E-state index contributed by atoms with van der Waals surface area (Å²) in [5.74, 6) is 1.31. The average Bonchev–Trinajstić information content (AvgIpc) is 2.31. The standard InChI is InChI=1S/C12H19N3O/c1-15(9-10-4-6-16-7-5-10)11-2-3-12(13)14-8-11/h2-3,8,10H,4-7,9H2,1H3,(H2,13,14). The summed E-state index contributed by atoms with van der Waals surface area (Å²) in [5.41, 5.74) is 6.69. The number of nitrogens with zero attached hydrogens (tertiary/aromatic N) is 2. The first-order valence-electron chi connectivity index (χ1n) is 5.76. The molecule has 0 bridgehead atoms. The van der Waals surface area contributed by atoms with E-state index in [9.17, 15) is 0 Å². The van der Waals surface area contributed by atoms with Gasteiger partial charge in [0, 0.05) is 26.8 Å². The van der Waals surface area contributed by atoms with Gasteiger partial charge >= 0.3 is 0 Å². The smallest absolute Gasteiger partial charge is 0.123 e. The Hall–Kier alpha value is -1.29. The van der Waals surface area contributed by atoms with Crippen molar-refractivity contribution in [1.29, 1.82) is 0 Å². The number of aromatic nitrogens is 1. The molecular formula is C12H19N3O. The molecule has 0 spiro atoms. The summed E-state index contributed by atoms with van der Waals surface area (Å²) in [6.45, 7) is 2.87. The van der Waals surface area contributed by atoms with E-state index < -0.39 is 0 Å². The average molecular weight is 221 g/mol. The van der Waals surface area contributed by atoms with Gasteiger partial charge in [-0.1, -0.05) is 0 Å². The Morgan fingerprint density at radius 2 is 2.19 bits per heavy atom. The molecular weight excluding hydrogens is 202 g/mol. The third kappa shape index (κ3) is 2.85. The minimum absolute atomic E-state index is 0.572. The quantitative estimate of drug-likeness (QED) is 0.841. The Labute approximate surface area is 96.4 Å². The first-order valence-corrected chi connectivity index (χ1v) is 5.76. The number of hydrogen-bond acceptors (Lipinski definition) is 4. The van der Waals surface area contributed by atoms with Crippen LogP contribution in [-0.4, -0.2) is 31.8 Å². The van der Waals surface area contributed by atoms with E-state index in [-0.39, 0.29) is 0 Å². The zero-order valence-electron chi connectivity index (χ0n) is 9.72. The maximum absolute atomic E-state index is 5.56. The van der Waals surface area contributed by atoms with Gasteiger partial charge in [-0.15, -0.1) is 0 Å². The van der Waals surface area contributed by atoms with Crippen molar-refractivity contribution in [1.82, 2.24) is 4.98 Å². The molecule has 2 N–H and O–H groups in total. The van der Waals surface area contributed by atoms with Crippen molar-refractivity contribution in [3.63, 3.8) is 0 Å². The van der Waals surface area contributed by atoms with Crippen LogP contribution in [0.5, 0.6) is 0 Å². The third-order valence-electron chi connectivity index (χ3n) is 3.08. The second kappa shape index (κ2) is 5.16. The van der Waals surface area contributed by atoms with Gasteiger partial charge in [0.05, 0.1) is 11.9 Å². The third-order valence-corrected chi connectivity index (χ3v) is 3.08. The Balaban J connectivity index is 1.91. The summed E-state index contributed by atoms with van der Waals surface area (Å²) in [7, 11) is 2.10. The van der Waals surface area contributed by atoms with Crippen LogP contribution in [0.1, 0.15) is 12.8 Å². The fourth-order valence-electron chi connectivity index (χ4n) is 2.04. The number of nitrogens with two attached hydrogens (primary N) is 1. The molecule has 88 valence electrons. The monoisotopic (exact) mass is 221 g/mol. The fourth-order valence-corrected chi connectivity index (χ4v) is 2.04. The Bertz CT molecular complexity index is 320. The van der Waals surface area contributed by atoms with E-state index in [0.717, 1.165) is 44.2 Å². The predicted molar refractivity (Wildman–Crippen MR) is 65.5 cm³/mol. The molecule has 1 fully saturated rings. The van der Waals surface area contributed by atoms with Gasteiger partial charge in [0.1, 0.15) is 5.82 Å². The zero-order valence-corrected chi connectivity index (χ0v) is 9.72. The second-order valence-electron chi connectivity index (χ2n) is 4.38. The van der Waals surface area contributed by atoms with E-state index in [4.69, 9.17) is 10.5 Å². The van der Waals surface area contributed by atoms with Crippen LogP contribution in [-0.2, 0) is 4.74 Å². The number of rotatable bonds is 3. The van der Waals surface area contributed by atoms with Gasteiger partial charge in [-0.05, 0) is 30.9 Å². The van der Waals surface area contributed by atoms with Gasteiger partial charge in [-0.25, -0.2) is 4.98 Å². The van der Waals surface area contributed by atoms with Crippen molar-refractivity contribution in [3.8, 4) is 0 Å². The predicted octanol–water partition coefficient (Wildman–Crippen LogP) is 1.53. The summed E-state index contributed by atoms with van der Waals surface area (Å²) in [6.07, 6.45) is 4.15. The largest absolute Gasteiger partial charge is 0.384 e. The summed E-state index contributed by atoms with van der Waals surface area (Å²) in [5, 5.41) is 0. The molecule has 0 radical (unpaired) electrons. The van der Waals surface area contributed by atoms with E-state index in [1.54, 1.807) is 0 Å². The number of nitrogen functional groups attached to an aromatic ring is 1. The van der Waals surface area contributed by atoms with Crippen molar-refractivity contribution in [2.24, 2.45) is 5.92 Å². The van der Waals surface area contributed by atoms with Crippen molar-refractivity contribution < 1.29 is 4.74 Å². The van der Waals surface area contributed by atoms with Crippen molar-refractivity contribution in [3.05, 3.63) is 18.3 Å². The molecule has 2 heterocycles. The summed E-state index contributed by atoms with van der Waals surface area (Å²) in [6, 6.07) is 3.86. The van der Waals surface area contributed by atoms with E-state index in [2.05, 4.69) is 16.9 Å². The minimum Gasteiger partial charge on any atom is -0.384 e. The number of anilines is 2. The maximum atomic E-state index is 5.56. The molecule has 1 aliphatic heterocycles. The van der Waals surface area contributed by atoms with Crippen molar-refractivity contribution in [2.75, 3.05) is 37.4 Å². The summed E-state index contributed by atoms with van der Waals surface area (Å²) >= 11 is 0. The normalized spacial score (nSPS) is 17.3. The van der Waals surface area contributed by atoms with Crippen LogP contribution in [0.2, 0.25) is 0 Å². The molecule has 0 aromatic carbocycles. The molecule has 1 saturated heterocycles. The van der Waals surface area contributed by atoms with Gasteiger partial charge in [0.25, 0.3) is 0 Å². The molecule has 1 aliphatic rings. The highest BCUT2D eigenvalue weighted by Crippen LogP contribution is 2.19. The highest BCUT2D eigenvalue weighted by atomic mass is 16.5. The van der Waals surface area contributed by atoms with Crippen LogP contribution in [0.15, 0.2) is 18.3 Å². The Morgan fingerprint density at radius 1 is 1.44 bits per heavy atom. The molecule has 1 aromatic heterocycles. The van der Waals surface area contributed by atoms with Crippen LogP contribution in [0.3, 0.4) is 0 Å². The van der Waals surface area contributed by atoms with Crippen LogP contribution in [0.4, 0.5) is 11.5 Å². The maximum Gasteiger partial charge on any atom is 0.123 e. The highest BCUT2D eigenvalue weighted by Gasteiger charge is 2.15. The first-order chi connectivity index (χ1) is 7.75. The van der Waals surface area contributed by atoms with Crippen LogP contribution in [0, 0.1) is 5.92 Å². The first kappa shape index (κ1) is 11.2. The number of hydrogen-bond donors (Lipinski definition) is 1. The molecule has 1 aromatic rings. The SMILES string of the molecule is CN(CC1CCOCC1)c1ccc(N)nc1. The molecule has 16 heavy (non-hydrogen) atoms. The molecule has 4 heteroatoms. The molecule has 0 unspecified atom stereocenters. The molecule has 0 atom stereocenters. The van der Waals surface area contributed by atoms with E-state index in [1.165, 1.54) is 0 Å². The van der Waals surface area contributed by atoms with Crippen molar-refractivity contribution in [2.45, 2.75) is 12.8 Å². The molecule has 2 rings (SSSR count). The minimum atomic E-state index is 0.572. The van der Waals surface area contributed by atoms with E-state index >= 15 is 0 Å². The van der Waals surface area contributed by atoms with Crippen LogP contribution >= 0.6 is 0 Å². The molecule has 0 amide bonds. The molecule has 0 aliphatic carbocycles. The Morgan fingerprint density at radius 3 is 2.81 bits per heavy atom. The number of ether oxygens (including phenoxy) is 1. The van der Waals surface area contributed by atoms with Gasteiger partial charge in [-0.2, -0.15) is 0 Å². The van der Waals surface area contributed by atoms with Gasteiger partial charge < -0.3 is 15.4 Å². The summed E-state index contributed by atoms with van der Waals surface area (Å²) in [4.78, 5) is 6.34. The second-order valence-corrected chi connectivity index (χ2v) is 4.38. The summed E-state index contributed by atoms with van der Waals surface area (Å²) < 4.78 is 5.36. The van der Waals surface area contributed by atoms with Gasteiger partial charge in [0.15, 0.2) is 0 Å². The topological polar surface area (TPSA) is 51.4 Å². The lowest BCUT2D eigenvalue weighted by Gasteiger charge is -2.28. The number of pyridine rings is 1. The van der Waals surface area contributed by atoms with Gasteiger partial charge in [-0.3, -0.25) is 0 Å². The Kier molecular flexibility index (Phi) is 3.62. The van der Waals surface area contributed by atoms with Crippen LogP contribution in [0.25, 0.3) is 0 Å². The molecule has 0 saturated carbocycles. The lowest BCUT2D eigenvalue weighted by Crippen LogP contribution is -2.29. The van der Waals surface area contributed by atoms with E-state index in [1.807, 2.05) is 18.3 Å².